The van der Waals surface area contributed by atoms with Gasteiger partial charge >= 0.3 is 0 Å². The highest BCUT2D eigenvalue weighted by Crippen LogP contribution is 2.54. The average molecular weight is 743 g/mol. The number of rotatable bonds is 12. The smallest absolute Gasteiger partial charge is 0.229 e. The molecule has 0 aliphatic carbocycles. The molecule has 4 fully saturated rings. The van der Waals surface area contributed by atoms with Gasteiger partial charge in [-0.1, -0.05) is 0 Å². The Kier molecular flexibility index (Phi) is 11.8. The summed E-state index contributed by atoms with van der Waals surface area (Å²) >= 11 is 0. The third-order valence-electron chi connectivity index (χ3n) is 10.1. The lowest BCUT2D eigenvalue weighted by molar-refractivity contribution is -0.277. The second-order valence-corrected chi connectivity index (χ2v) is 13.0. The van der Waals surface area contributed by atoms with Crippen molar-refractivity contribution in [1.29, 1.82) is 0 Å². The predicted molar refractivity (Wildman–Crippen MR) is 172 cm³/mol. The molecule has 0 saturated carbocycles. The van der Waals surface area contributed by atoms with Gasteiger partial charge in [-0.15, -0.1) is 0 Å². The summed E-state index contributed by atoms with van der Waals surface area (Å²) in [6.07, 6.45) is -15.9. The van der Waals surface area contributed by atoms with Crippen molar-refractivity contribution in [2.45, 2.75) is 73.6 Å². The lowest BCUT2D eigenvalue weighted by Crippen LogP contribution is -2.60. The minimum absolute atomic E-state index is 0.0541. The van der Waals surface area contributed by atoms with Gasteiger partial charge in [-0.3, -0.25) is 0 Å². The molecule has 2 aromatic carbocycles. The van der Waals surface area contributed by atoms with Crippen LogP contribution >= 0.6 is 0 Å². The summed E-state index contributed by atoms with van der Waals surface area (Å²) in [5, 5.41) is 81.0. The van der Waals surface area contributed by atoms with Crippen LogP contribution in [0.2, 0.25) is 0 Å². The molecule has 290 valence electrons. The van der Waals surface area contributed by atoms with Gasteiger partial charge in [0.1, 0.15) is 48.8 Å². The first-order valence-corrected chi connectivity index (χ1v) is 16.7. The van der Waals surface area contributed by atoms with Crippen molar-refractivity contribution < 1.29 is 88.2 Å². The molecule has 0 bridgehead atoms. The van der Waals surface area contributed by atoms with Crippen molar-refractivity contribution in [3.05, 3.63) is 35.4 Å². The summed E-state index contributed by atoms with van der Waals surface area (Å²) in [6, 6.07) is 6.78. The van der Waals surface area contributed by atoms with E-state index in [2.05, 4.69) is 0 Å². The molecule has 2 aromatic rings. The zero-order valence-electron chi connectivity index (χ0n) is 28.9. The van der Waals surface area contributed by atoms with E-state index in [9.17, 15) is 40.9 Å². The van der Waals surface area contributed by atoms with Gasteiger partial charge in [0, 0.05) is 11.8 Å². The van der Waals surface area contributed by atoms with E-state index in [0.29, 0.717) is 24.3 Å². The number of methoxy groups -OCH3 is 4. The van der Waals surface area contributed by atoms with Crippen LogP contribution in [0.4, 0.5) is 0 Å². The van der Waals surface area contributed by atoms with Gasteiger partial charge in [-0.2, -0.15) is 0 Å². The molecule has 0 amide bonds. The van der Waals surface area contributed by atoms with Crippen molar-refractivity contribution in [2.24, 2.45) is 11.8 Å². The Morgan fingerprint density at radius 1 is 0.519 bits per heavy atom. The zero-order valence-corrected chi connectivity index (χ0v) is 28.9. The van der Waals surface area contributed by atoms with Crippen LogP contribution in [0, 0.1) is 11.8 Å². The number of aliphatic hydroxyl groups excluding tert-OH is 8. The molecule has 4 aliphatic rings. The topological polar surface area (TPSA) is 254 Å². The van der Waals surface area contributed by atoms with Crippen LogP contribution in [0.3, 0.4) is 0 Å². The quantitative estimate of drug-likeness (QED) is 0.119. The maximum absolute atomic E-state index is 10.5. The molecule has 18 nitrogen and oxygen atoms in total. The highest BCUT2D eigenvalue weighted by Gasteiger charge is 2.50. The standard InChI is InChI=1S/C34H46O18/c1-43-17-5-13(6-18(44-2)31(17)51-33-27(41)25(39)23(37)21(9-35)49-33)29-15-11-48-30(16(15)12-47-29)14-7-19(45-3)32(20(8-14)46-4)52-34-28(42)26(40)24(38)22(10-36)50-34/h5-8,15-16,21-30,33-42H,9-12H2,1-4H3/t15-,16+,21+,22-,23+,24-,25-,26-,27+,28+,29-,30-,33-,34+/m1/s1. The summed E-state index contributed by atoms with van der Waals surface area (Å²) in [5.74, 6) is 0.683. The third-order valence-corrected chi connectivity index (χ3v) is 10.1. The van der Waals surface area contributed by atoms with Crippen molar-refractivity contribution >= 4 is 0 Å². The third kappa shape index (κ3) is 6.94. The monoisotopic (exact) mass is 742 g/mol. The van der Waals surface area contributed by atoms with E-state index in [1.165, 1.54) is 28.4 Å². The fourth-order valence-electron chi connectivity index (χ4n) is 7.16. The van der Waals surface area contributed by atoms with Crippen LogP contribution in [0.5, 0.6) is 34.5 Å². The number of hydrogen-bond donors (Lipinski definition) is 8. The minimum atomic E-state index is -1.65. The van der Waals surface area contributed by atoms with Gasteiger partial charge in [0.25, 0.3) is 0 Å². The lowest BCUT2D eigenvalue weighted by atomic mass is 9.84. The average Bonchev–Trinajstić information content (AvgIpc) is 3.78. The van der Waals surface area contributed by atoms with Crippen LogP contribution in [0.15, 0.2) is 24.3 Å². The number of ether oxygens (including phenoxy) is 10. The number of fused-ring (bicyclic) bond motifs is 1. The second-order valence-electron chi connectivity index (χ2n) is 13.0. The van der Waals surface area contributed by atoms with E-state index in [-0.39, 0.29) is 46.3 Å². The van der Waals surface area contributed by atoms with Crippen LogP contribution in [-0.4, -0.2) is 157 Å². The van der Waals surface area contributed by atoms with Crippen molar-refractivity contribution in [2.75, 3.05) is 54.9 Å². The van der Waals surface area contributed by atoms with E-state index in [1.807, 2.05) is 0 Å². The predicted octanol–water partition coefficient (Wildman–Crippen LogP) is -1.85. The van der Waals surface area contributed by atoms with Crippen LogP contribution in [-0.2, 0) is 18.9 Å². The SMILES string of the molecule is COc1cc([C@H]2OC[C@H]3[C@H]2CO[C@@H]3c2cc(OC)c(O[C@@H]3O[C@H](CO)[C@@H](O)[C@@H](O)[C@@H]3O)c(OC)c2)cc(OC)c1O[C@H]1O[C@@H](CO)[C@H](O)[C@@H](O)[C@@H]1O. The number of hydrogen-bond acceptors (Lipinski definition) is 18. The fraction of sp³-hybridized carbons (Fsp3) is 0.647. The molecule has 4 saturated heterocycles. The normalized spacial score (nSPS) is 37.3. The summed E-state index contributed by atoms with van der Waals surface area (Å²) in [4.78, 5) is 0. The first-order chi connectivity index (χ1) is 25.0. The molecule has 6 rings (SSSR count). The maximum Gasteiger partial charge on any atom is 0.229 e. The summed E-state index contributed by atoms with van der Waals surface area (Å²) in [6.45, 7) is -0.604. The van der Waals surface area contributed by atoms with Gasteiger partial charge in [0.05, 0.1) is 67.1 Å². The first-order valence-electron chi connectivity index (χ1n) is 16.7. The van der Waals surface area contributed by atoms with Crippen molar-refractivity contribution in [1.82, 2.24) is 0 Å². The number of benzene rings is 2. The first kappa shape index (κ1) is 38.5. The van der Waals surface area contributed by atoms with E-state index >= 15 is 0 Å². The highest BCUT2D eigenvalue weighted by molar-refractivity contribution is 5.56. The lowest BCUT2D eigenvalue weighted by Gasteiger charge is -2.39. The largest absolute Gasteiger partial charge is 0.493 e. The Morgan fingerprint density at radius 2 is 0.846 bits per heavy atom. The van der Waals surface area contributed by atoms with Gasteiger partial charge in [-0.25, -0.2) is 0 Å². The molecule has 8 N–H and O–H groups in total. The Bertz CT molecular complexity index is 1360. The molecule has 52 heavy (non-hydrogen) atoms. The van der Waals surface area contributed by atoms with Crippen LogP contribution in [0.1, 0.15) is 23.3 Å². The molecular formula is C34H46O18. The molecule has 0 spiro atoms. The molecule has 0 unspecified atom stereocenters. The van der Waals surface area contributed by atoms with Gasteiger partial charge in [0.2, 0.25) is 24.1 Å². The van der Waals surface area contributed by atoms with Crippen molar-refractivity contribution in [3.8, 4) is 34.5 Å². The Morgan fingerprint density at radius 3 is 1.13 bits per heavy atom. The Hall–Kier alpha value is -3.24. The molecule has 4 heterocycles. The van der Waals surface area contributed by atoms with Gasteiger partial charge in [-0.05, 0) is 35.4 Å². The van der Waals surface area contributed by atoms with Gasteiger partial charge in [0.15, 0.2) is 23.0 Å². The van der Waals surface area contributed by atoms with Crippen molar-refractivity contribution in [3.63, 3.8) is 0 Å². The van der Waals surface area contributed by atoms with E-state index in [0.717, 1.165) is 0 Å². The van der Waals surface area contributed by atoms with E-state index in [4.69, 9.17) is 47.4 Å². The Labute approximate surface area is 298 Å². The summed E-state index contributed by atoms with van der Waals surface area (Å²) < 4.78 is 58.0. The highest BCUT2D eigenvalue weighted by atomic mass is 16.7. The van der Waals surface area contributed by atoms with Gasteiger partial charge < -0.3 is 88.2 Å². The van der Waals surface area contributed by atoms with Crippen LogP contribution in [0.25, 0.3) is 0 Å². The molecule has 0 aromatic heterocycles. The molecule has 4 aliphatic heterocycles. The molecule has 18 heteroatoms. The molecular weight excluding hydrogens is 696 g/mol. The summed E-state index contributed by atoms with van der Waals surface area (Å²) in [5.41, 5.74) is 1.37. The minimum Gasteiger partial charge on any atom is -0.493 e. The summed E-state index contributed by atoms with van der Waals surface area (Å²) in [7, 11) is 5.66. The zero-order chi connectivity index (χ0) is 37.4. The van der Waals surface area contributed by atoms with Crippen LogP contribution < -0.4 is 28.4 Å². The Balaban J connectivity index is 1.22. The molecule has 0 radical (unpaired) electrons. The second kappa shape index (κ2) is 16.0. The van der Waals surface area contributed by atoms with E-state index < -0.39 is 86.8 Å². The fourth-order valence-corrected chi connectivity index (χ4v) is 7.16. The maximum atomic E-state index is 10.5. The van der Waals surface area contributed by atoms with E-state index in [1.54, 1.807) is 24.3 Å². The number of aliphatic hydroxyl groups is 8. The molecule has 14 atom stereocenters.